The molecule has 1 aromatic rings. The molecule has 1 aromatic carbocycles. The molecule has 144 valence electrons. The third-order valence-corrected chi connectivity index (χ3v) is 3.11. The summed E-state index contributed by atoms with van der Waals surface area (Å²) in [6.07, 6.45) is -3.86. The summed E-state index contributed by atoms with van der Waals surface area (Å²) >= 11 is 0. The van der Waals surface area contributed by atoms with Crippen LogP contribution >= 0.6 is 12.4 Å². The van der Waals surface area contributed by atoms with Gasteiger partial charge in [0, 0.05) is 19.0 Å². The zero-order valence-electron chi connectivity index (χ0n) is 14.9. The van der Waals surface area contributed by atoms with Gasteiger partial charge in [-0.2, -0.15) is 13.2 Å². The Bertz CT molecular complexity index is 570. The van der Waals surface area contributed by atoms with Crippen LogP contribution in [0, 0.1) is 0 Å². The van der Waals surface area contributed by atoms with E-state index in [2.05, 4.69) is 5.32 Å². The number of nitrogens with two attached hydrogens (primary N) is 1. The first kappa shape index (κ1) is 23.5. The fourth-order valence-electron chi connectivity index (χ4n) is 2.03. The van der Waals surface area contributed by atoms with Crippen LogP contribution in [-0.4, -0.2) is 17.6 Å². The molecule has 0 saturated heterocycles. The van der Waals surface area contributed by atoms with E-state index >= 15 is 0 Å². The molecule has 3 N–H and O–H groups in total. The van der Waals surface area contributed by atoms with Gasteiger partial charge < -0.3 is 15.8 Å². The minimum absolute atomic E-state index is 0. The fourth-order valence-corrected chi connectivity index (χ4v) is 2.03. The SMILES string of the molecule is CC(N)CCC(=O)NCc1ccc(OC(C)(C)C)cc1C(F)(F)F.Cl. The van der Waals surface area contributed by atoms with Crippen molar-refractivity contribution in [2.45, 2.75) is 64.9 Å². The van der Waals surface area contributed by atoms with Gasteiger partial charge in [0.25, 0.3) is 0 Å². The standard InChI is InChI=1S/C17H25F3N2O2.ClH/c1-11(21)5-8-15(23)22-10-12-6-7-13(24-16(2,3)4)9-14(12)17(18,19)20;/h6-7,9,11H,5,8,10,21H2,1-4H3,(H,22,23);1H. The van der Waals surface area contributed by atoms with E-state index < -0.39 is 17.3 Å². The van der Waals surface area contributed by atoms with E-state index in [4.69, 9.17) is 10.5 Å². The second-order valence-corrected chi connectivity index (χ2v) is 6.82. The number of halogens is 4. The lowest BCUT2D eigenvalue weighted by molar-refractivity contribution is -0.138. The Morgan fingerprint density at radius 2 is 1.88 bits per heavy atom. The van der Waals surface area contributed by atoms with Gasteiger partial charge in [0.1, 0.15) is 11.4 Å². The van der Waals surface area contributed by atoms with E-state index in [9.17, 15) is 18.0 Å². The van der Waals surface area contributed by atoms with E-state index in [0.717, 1.165) is 6.07 Å². The predicted molar refractivity (Wildman–Crippen MR) is 93.8 cm³/mol. The highest BCUT2D eigenvalue weighted by molar-refractivity contribution is 5.85. The number of carbonyl (C=O) groups is 1. The molecule has 0 aromatic heterocycles. The summed E-state index contributed by atoms with van der Waals surface area (Å²) in [6.45, 7) is 6.85. The lowest BCUT2D eigenvalue weighted by Gasteiger charge is -2.23. The molecule has 0 saturated carbocycles. The van der Waals surface area contributed by atoms with Gasteiger partial charge in [-0.25, -0.2) is 0 Å². The first-order valence-electron chi connectivity index (χ1n) is 7.80. The van der Waals surface area contributed by atoms with Gasteiger partial charge in [-0.15, -0.1) is 12.4 Å². The van der Waals surface area contributed by atoms with E-state index in [1.807, 2.05) is 0 Å². The number of benzene rings is 1. The van der Waals surface area contributed by atoms with E-state index in [0.29, 0.717) is 6.42 Å². The lowest BCUT2D eigenvalue weighted by atomic mass is 10.1. The predicted octanol–water partition coefficient (Wildman–Crippen LogP) is 4.05. The third kappa shape index (κ3) is 8.97. The molecule has 1 atom stereocenters. The molecule has 1 amide bonds. The lowest BCUT2D eigenvalue weighted by Crippen LogP contribution is -2.27. The molecule has 0 fully saturated rings. The van der Waals surface area contributed by atoms with Crippen LogP contribution in [0.2, 0.25) is 0 Å². The smallest absolute Gasteiger partial charge is 0.416 e. The van der Waals surface area contributed by atoms with Crippen molar-refractivity contribution in [3.8, 4) is 5.75 Å². The van der Waals surface area contributed by atoms with Crippen molar-refractivity contribution in [1.82, 2.24) is 5.32 Å². The van der Waals surface area contributed by atoms with Crippen LogP contribution in [0.1, 0.15) is 51.7 Å². The molecule has 8 heteroatoms. The van der Waals surface area contributed by atoms with Gasteiger partial charge in [0.15, 0.2) is 0 Å². The molecule has 1 rings (SSSR count). The van der Waals surface area contributed by atoms with Crippen molar-refractivity contribution in [2.75, 3.05) is 0 Å². The molecule has 4 nitrogen and oxygen atoms in total. The van der Waals surface area contributed by atoms with Crippen LogP contribution in [0.5, 0.6) is 5.75 Å². The summed E-state index contributed by atoms with van der Waals surface area (Å²) in [7, 11) is 0. The van der Waals surface area contributed by atoms with Gasteiger partial charge in [-0.1, -0.05) is 6.07 Å². The van der Waals surface area contributed by atoms with Crippen LogP contribution in [0.25, 0.3) is 0 Å². The Kier molecular flexibility index (Phi) is 8.74. The van der Waals surface area contributed by atoms with Crippen LogP contribution in [0.15, 0.2) is 18.2 Å². The largest absolute Gasteiger partial charge is 0.488 e. The van der Waals surface area contributed by atoms with E-state index in [1.54, 1.807) is 27.7 Å². The van der Waals surface area contributed by atoms with Gasteiger partial charge in [0.05, 0.1) is 5.56 Å². The second-order valence-electron chi connectivity index (χ2n) is 6.82. The molecular formula is C17H26ClF3N2O2. The van der Waals surface area contributed by atoms with Crippen molar-refractivity contribution in [2.24, 2.45) is 5.73 Å². The van der Waals surface area contributed by atoms with Crippen molar-refractivity contribution in [3.05, 3.63) is 29.3 Å². The van der Waals surface area contributed by atoms with Crippen LogP contribution in [0.4, 0.5) is 13.2 Å². The van der Waals surface area contributed by atoms with Crippen molar-refractivity contribution >= 4 is 18.3 Å². The average Bonchev–Trinajstić information content (AvgIpc) is 2.40. The van der Waals surface area contributed by atoms with E-state index in [-0.39, 0.29) is 48.6 Å². The number of ether oxygens (including phenoxy) is 1. The number of alkyl halides is 3. The summed E-state index contributed by atoms with van der Waals surface area (Å²) in [5.74, 6) is -0.183. The topological polar surface area (TPSA) is 64.4 Å². The maximum atomic E-state index is 13.3. The van der Waals surface area contributed by atoms with Crippen LogP contribution in [0.3, 0.4) is 0 Å². The highest BCUT2D eigenvalue weighted by atomic mass is 35.5. The molecule has 1 unspecified atom stereocenters. The van der Waals surface area contributed by atoms with Gasteiger partial charge >= 0.3 is 6.18 Å². The molecule has 25 heavy (non-hydrogen) atoms. The normalized spacial score (nSPS) is 13.0. The Morgan fingerprint density at radius 1 is 1.28 bits per heavy atom. The average molecular weight is 383 g/mol. The minimum atomic E-state index is -4.52. The monoisotopic (exact) mass is 382 g/mol. The first-order chi connectivity index (χ1) is 10.9. The Hall–Kier alpha value is -1.47. The van der Waals surface area contributed by atoms with Gasteiger partial charge in [0.2, 0.25) is 5.91 Å². The van der Waals surface area contributed by atoms with Crippen LogP contribution < -0.4 is 15.8 Å². The van der Waals surface area contributed by atoms with Crippen molar-refractivity contribution in [1.29, 1.82) is 0 Å². The number of nitrogens with one attached hydrogen (secondary N) is 1. The molecule has 0 spiro atoms. The molecule has 0 heterocycles. The molecule has 0 bridgehead atoms. The second kappa shape index (κ2) is 9.29. The zero-order valence-corrected chi connectivity index (χ0v) is 15.7. The van der Waals surface area contributed by atoms with Gasteiger partial charge in [-0.05, 0) is 51.8 Å². The Labute approximate surface area is 152 Å². The maximum absolute atomic E-state index is 13.3. The summed E-state index contributed by atoms with van der Waals surface area (Å²) in [5.41, 5.74) is 4.14. The van der Waals surface area contributed by atoms with Crippen molar-refractivity contribution in [3.63, 3.8) is 0 Å². The molecular weight excluding hydrogens is 357 g/mol. The zero-order chi connectivity index (χ0) is 18.5. The Balaban J connectivity index is 0.00000576. The summed E-state index contributed by atoms with van der Waals surface area (Å²) in [6, 6.07) is 3.64. The Morgan fingerprint density at radius 3 is 2.36 bits per heavy atom. The first-order valence-corrected chi connectivity index (χ1v) is 7.80. The quantitative estimate of drug-likeness (QED) is 0.780. The van der Waals surface area contributed by atoms with Crippen LogP contribution in [-0.2, 0) is 17.5 Å². The van der Waals surface area contributed by atoms with E-state index in [1.165, 1.54) is 12.1 Å². The number of carbonyl (C=O) groups excluding carboxylic acids is 1. The summed E-state index contributed by atoms with van der Waals surface area (Å²) < 4.78 is 45.2. The number of hydrogen-bond acceptors (Lipinski definition) is 3. The molecule has 0 aliphatic heterocycles. The fraction of sp³-hybridized carbons (Fsp3) is 0.588. The maximum Gasteiger partial charge on any atom is 0.416 e. The number of amides is 1. The highest BCUT2D eigenvalue weighted by Gasteiger charge is 2.34. The summed E-state index contributed by atoms with van der Waals surface area (Å²) in [4.78, 5) is 11.7. The minimum Gasteiger partial charge on any atom is -0.488 e. The molecule has 0 aliphatic carbocycles. The third-order valence-electron chi connectivity index (χ3n) is 3.11. The van der Waals surface area contributed by atoms with Gasteiger partial charge in [-0.3, -0.25) is 4.79 Å². The van der Waals surface area contributed by atoms with Crippen molar-refractivity contribution < 1.29 is 22.7 Å². The molecule has 0 aliphatic rings. The number of rotatable bonds is 6. The number of hydrogen-bond donors (Lipinski definition) is 2. The molecule has 0 radical (unpaired) electrons. The summed E-state index contributed by atoms with van der Waals surface area (Å²) in [5, 5.41) is 2.50. The highest BCUT2D eigenvalue weighted by Crippen LogP contribution is 2.35.